The topological polar surface area (TPSA) is 100 Å². The maximum absolute atomic E-state index is 12.0. The number of nitrogens with one attached hydrogen (secondary N) is 1. The van der Waals surface area contributed by atoms with Crippen molar-refractivity contribution < 1.29 is 14.5 Å². The van der Waals surface area contributed by atoms with Crippen LogP contribution in [-0.2, 0) is 4.79 Å². The molecule has 1 aliphatic heterocycles. The Morgan fingerprint density at radius 3 is 2.57 bits per heavy atom. The fourth-order valence-electron chi connectivity index (χ4n) is 3.08. The maximum atomic E-state index is 12.0. The minimum absolute atomic E-state index is 0.0247. The largest absolute Gasteiger partial charge is 0.484 e. The molecule has 1 heterocycles. The number of benzene rings is 2. The normalized spacial score (nSPS) is 14.7. The first-order valence-electron chi connectivity index (χ1n) is 9.65. The molecule has 3 rings (SSSR count). The molecule has 1 amide bonds. The lowest BCUT2D eigenvalue weighted by atomic mass is 10.1. The van der Waals surface area contributed by atoms with Gasteiger partial charge in [-0.25, -0.2) is 5.43 Å². The van der Waals surface area contributed by atoms with Crippen LogP contribution in [0.5, 0.6) is 5.75 Å². The van der Waals surface area contributed by atoms with Crippen molar-refractivity contribution >= 4 is 23.5 Å². The Morgan fingerprint density at radius 1 is 1.20 bits per heavy atom. The summed E-state index contributed by atoms with van der Waals surface area (Å²) in [4.78, 5) is 27.1. The standard InChI is InChI=1S/C21H25N5O4/c1-16-3-6-19(7-4-16)30-15-21(27)23-22-14-17-13-18(26(28)29)5-8-20(17)25-11-9-24(2)10-12-25/h3-8,13-14H,9-12,15H2,1-2H3,(H,23,27)/b22-14-. The van der Waals surface area contributed by atoms with Gasteiger partial charge in [-0.15, -0.1) is 0 Å². The summed E-state index contributed by atoms with van der Waals surface area (Å²) in [6.45, 7) is 5.22. The van der Waals surface area contributed by atoms with E-state index in [0.29, 0.717) is 11.3 Å². The van der Waals surface area contributed by atoms with Crippen molar-refractivity contribution in [3.63, 3.8) is 0 Å². The zero-order valence-corrected chi connectivity index (χ0v) is 17.1. The molecule has 9 nitrogen and oxygen atoms in total. The molecule has 0 saturated carbocycles. The number of carbonyl (C=O) groups is 1. The molecule has 0 unspecified atom stereocenters. The highest BCUT2D eigenvalue weighted by Gasteiger charge is 2.18. The van der Waals surface area contributed by atoms with E-state index in [2.05, 4.69) is 27.4 Å². The molecular weight excluding hydrogens is 386 g/mol. The summed E-state index contributed by atoms with van der Waals surface area (Å²) in [5, 5.41) is 15.1. The maximum Gasteiger partial charge on any atom is 0.277 e. The number of piperazine rings is 1. The molecule has 1 fully saturated rings. The fourth-order valence-corrected chi connectivity index (χ4v) is 3.08. The van der Waals surface area contributed by atoms with Crippen LogP contribution in [0.25, 0.3) is 0 Å². The minimum Gasteiger partial charge on any atom is -0.484 e. The first-order valence-corrected chi connectivity index (χ1v) is 9.65. The van der Waals surface area contributed by atoms with E-state index in [0.717, 1.165) is 37.4 Å². The molecule has 2 aromatic rings. The summed E-state index contributed by atoms with van der Waals surface area (Å²) in [5.41, 5.74) is 4.91. The molecule has 158 valence electrons. The number of hydrogen-bond acceptors (Lipinski definition) is 7. The second-order valence-electron chi connectivity index (χ2n) is 7.19. The number of rotatable bonds is 7. The average molecular weight is 411 g/mol. The van der Waals surface area contributed by atoms with Crippen LogP contribution in [0.15, 0.2) is 47.6 Å². The van der Waals surface area contributed by atoms with Crippen LogP contribution in [0, 0.1) is 17.0 Å². The quantitative estimate of drug-likeness (QED) is 0.426. The Morgan fingerprint density at radius 2 is 1.90 bits per heavy atom. The number of non-ortho nitro benzene ring substituents is 1. The minimum atomic E-state index is -0.445. The predicted molar refractivity (Wildman–Crippen MR) is 115 cm³/mol. The molecule has 0 spiro atoms. The van der Waals surface area contributed by atoms with Crippen molar-refractivity contribution in [2.75, 3.05) is 44.7 Å². The zero-order chi connectivity index (χ0) is 21.5. The van der Waals surface area contributed by atoms with Crippen LogP contribution < -0.4 is 15.1 Å². The van der Waals surface area contributed by atoms with E-state index in [9.17, 15) is 14.9 Å². The van der Waals surface area contributed by atoms with Crippen molar-refractivity contribution in [1.29, 1.82) is 0 Å². The van der Waals surface area contributed by atoms with Gasteiger partial charge < -0.3 is 14.5 Å². The number of aryl methyl sites for hydroxylation is 1. The monoisotopic (exact) mass is 411 g/mol. The molecule has 30 heavy (non-hydrogen) atoms. The van der Waals surface area contributed by atoms with Gasteiger partial charge in [-0.1, -0.05) is 17.7 Å². The molecule has 1 N–H and O–H groups in total. The summed E-state index contributed by atoms with van der Waals surface area (Å²) in [7, 11) is 2.06. The van der Waals surface area contributed by atoms with Crippen molar-refractivity contribution in [2.45, 2.75) is 6.92 Å². The van der Waals surface area contributed by atoms with E-state index in [1.807, 2.05) is 19.1 Å². The molecule has 0 bridgehead atoms. The molecule has 0 aliphatic carbocycles. The number of nitro benzene ring substituents is 1. The van der Waals surface area contributed by atoms with Gasteiger partial charge in [0.05, 0.1) is 11.1 Å². The van der Waals surface area contributed by atoms with E-state index in [1.165, 1.54) is 18.3 Å². The number of likely N-dealkylation sites (N-methyl/N-ethyl adjacent to an activating group) is 1. The Balaban J connectivity index is 1.65. The molecule has 0 aromatic heterocycles. The van der Waals surface area contributed by atoms with Crippen molar-refractivity contribution in [3.8, 4) is 5.75 Å². The van der Waals surface area contributed by atoms with E-state index >= 15 is 0 Å². The third kappa shape index (κ3) is 5.77. The Bertz CT molecular complexity index is 921. The van der Waals surface area contributed by atoms with Gasteiger partial charge in [-0.3, -0.25) is 14.9 Å². The van der Waals surface area contributed by atoms with Gasteiger partial charge in [-0.2, -0.15) is 5.10 Å². The lowest BCUT2D eigenvalue weighted by Gasteiger charge is -2.34. The number of anilines is 1. The summed E-state index contributed by atoms with van der Waals surface area (Å²) in [6.07, 6.45) is 1.43. The van der Waals surface area contributed by atoms with Gasteiger partial charge in [0.25, 0.3) is 11.6 Å². The third-order valence-corrected chi connectivity index (χ3v) is 4.85. The number of hydrazone groups is 1. The summed E-state index contributed by atoms with van der Waals surface area (Å²) < 4.78 is 5.42. The average Bonchev–Trinajstić information content (AvgIpc) is 2.74. The number of carbonyl (C=O) groups excluding carboxylic acids is 1. The first kappa shape index (κ1) is 21.3. The SMILES string of the molecule is Cc1ccc(OCC(=O)N/N=C\c2cc([N+](=O)[O-])ccc2N2CCN(C)CC2)cc1. The number of nitrogens with zero attached hydrogens (tertiary/aromatic N) is 4. The van der Waals surface area contributed by atoms with Gasteiger partial charge in [0.2, 0.25) is 0 Å². The zero-order valence-electron chi connectivity index (χ0n) is 17.1. The van der Waals surface area contributed by atoms with Gasteiger partial charge >= 0.3 is 0 Å². The smallest absolute Gasteiger partial charge is 0.277 e. The molecule has 9 heteroatoms. The second kappa shape index (κ2) is 9.84. The number of nitro groups is 1. The predicted octanol–water partition coefficient (Wildman–Crippen LogP) is 2.18. The van der Waals surface area contributed by atoms with Crippen LogP contribution in [0.4, 0.5) is 11.4 Å². The molecule has 0 radical (unpaired) electrons. The fraction of sp³-hybridized carbons (Fsp3) is 0.333. The van der Waals surface area contributed by atoms with Gasteiger partial charge in [0.1, 0.15) is 5.75 Å². The molecule has 1 aliphatic rings. The summed E-state index contributed by atoms with van der Waals surface area (Å²) >= 11 is 0. The lowest BCUT2D eigenvalue weighted by Crippen LogP contribution is -2.44. The van der Waals surface area contributed by atoms with Gasteiger partial charge in [0, 0.05) is 49.6 Å². The molecular formula is C21H25N5O4. The van der Waals surface area contributed by atoms with E-state index in [1.54, 1.807) is 18.2 Å². The highest BCUT2D eigenvalue weighted by Crippen LogP contribution is 2.25. The van der Waals surface area contributed by atoms with Crippen LogP contribution in [-0.4, -0.2) is 61.8 Å². The van der Waals surface area contributed by atoms with Crippen LogP contribution >= 0.6 is 0 Å². The van der Waals surface area contributed by atoms with Gasteiger partial charge in [-0.05, 0) is 32.2 Å². The van der Waals surface area contributed by atoms with Crippen LogP contribution in [0.3, 0.4) is 0 Å². The first-order chi connectivity index (χ1) is 14.4. The lowest BCUT2D eigenvalue weighted by molar-refractivity contribution is -0.384. The molecule has 1 saturated heterocycles. The van der Waals surface area contributed by atoms with Gasteiger partial charge in [0.15, 0.2) is 6.61 Å². The number of amides is 1. The Hall–Kier alpha value is -3.46. The highest BCUT2D eigenvalue weighted by atomic mass is 16.6. The van der Waals surface area contributed by atoms with E-state index in [4.69, 9.17) is 4.74 Å². The van der Waals surface area contributed by atoms with E-state index < -0.39 is 10.8 Å². The van der Waals surface area contributed by atoms with Crippen molar-refractivity contribution in [1.82, 2.24) is 10.3 Å². The Kier molecular flexibility index (Phi) is 6.97. The Labute approximate surface area is 175 Å². The number of ether oxygens (including phenoxy) is 1. The number of hydrogen-bond donors (Lipinski definition) is 1. The third-order valence-electron chi connectivity index (χ3n) is 4.85. The van der Waals surface area contributed by atoms with Crippen LogP contribution in [0.1, 0.15) is 11.1 Å². The van der Waals surface area contributed by atoms with Crippen molar-refractivity contribution in [3.05, 3.63) is 63.7 Å². The summed E-state index contributed by atoms with van der Waals surface area (Å²) in [5.74, 6) is 0.175. The van der Waals surface area contributed by atoms with Crippen molar-refractivity contribution in [2.24, 2.45) is 5.10 Å². The molecule has 0 atom stereocenters. The second-order valence-corrected chi connectivity index (χ2v) is 7.19. The van der Waals surface area contributed by atoms with Crippen LogP contribution in [0.2, 0.25) is 0 Å². The van der Waals surface area contributed by atoms with E-state index in [-0.39, 0.29) is 12.3 Å². The summed E-state index contributed by atoms with van der Waals surface area (Å²) in [6, 6.07) is 12.0. The highest BCUT2D eigenvalue weighted by molar-refractivity contribution is 5.90. The molecule has 2 aromatic carbocycles.